The molecule has 1 N–H and O–H groups in total. The van der Waals surface area contributed by atoms with Gasteiger partial charge in [-0.15, -0.1) is 0 Å². The molecule has 3 heteroatoms. The van der Waals surface area contributed by atoms with Crippen LogP contribution in [0.15, 0.2) is 54.6 Å². The maximum atomic E-state index is 11.5. The monoisotopic (exact) mass is 296 g/mol. The Bertz CT molecular complexity index is 578. The molecule has 2 aromatic carbocycles. The van der Waals surface area contributed by atoms with Gasteiger partial charge >= 0.3 is 0 Å². The van der Waals surface area contributed by atoms with Gasteiger partial charge in [-0.25, -0.2) is 0 Å². The van der Waals surface area contributed by atoms with Crippen LogP contribution in [0.4, 0.5) is 0 Å². The van der Waals surface area contributed by atoms with Crippen LogP contribution in [-0.4, -0.2) is 31.4 Å². The zero-order chi connectivity index (χ0) is 15.8. The van der Waals surface area contributed by atoms with Crippen molar-refractivity contribution in [3.8, 4) is 0 Å². The number of aryl methyl sites for hydroxylation is 1. The molecular weight excluding hydrogens is 272 g/mol. The molecule has 0 saturated carbocycles. The first-order valence-electron chi connectivity index (χ1n) is 7.72. The van der Waals surface area contributed by atoms with Crippen LogP contribution in [0.3, 0.4) is 0 Å². The van der Waals surface area contributed by atoms with Crippen molar-refractivity contribution in [2.75, 3.05) is 20.6 Å². The van der Waals surface area contributed by atoms with Gasteiger partial charge in [0.1, 0.15) is 0 Å². The van der Waals surface area contributed by atoms with E-state index in [2.05, 4.69) is 47.6 Å². The standard InChI is InChI=1S/C19H24N2O/c1-20-19(22)18-12-10-17(11-13-18)15-21(2)14-6-9-16-7-4-3-5-8-16/h3-5,7-8,10-13H,6,9,14-15H2,1-2H3,(H,20,22). The largest absolute Gasteiger partial charge is 0.355 e. The minimum Gasteiger partial charge on any atom is -0.355 e. The number of nitrogens with zero attached hydrogens (tertiary/aromatic N) is 1. The zero-order valence-corrected chi connectivity index (χ0v) is 13.4. The van der Waals surface area contributed by atoms with E-state index in [0.717, 1.165) is 25.9 Å². The predicted molar refractivity (Wildman–Crippen MR) is 90.9 cm³/mol. The van der Waals surface area contributed by atoms with Crippen molar-refractivity contribution in [1.82, 2.24) is 10.2 Å². The molecule has 116 valence electrons. The molecule has 0 heterocycles. The molecule has 0 aliphatic rings. The molecule has 0 bridgehead atoms. The summed E-state index contributed by atoms with van der Waals surface area (Å²) >= 11 is 0. The number of nitrogens with one attached hydrogen (secondary N) is 1. The van der Waals surface area contributed by atoms with Gasteiger partial charge in [0.2, 0.25) is 0 Å². The molecular formula is C19H24N2O. The van der Waals surface area contributed by atoms with E-state index >= 15 is 0 Å². The van der Waals surface area contributed by atoms with Gasteiger partial charge in [-0.3, -0.25) is 4.79 Å². The number of benzene rings is 2. The fraction of sp³-hybridized carbons (Fsp3) is 0.316. The molecule has 0 radical (unpaired) electrons. The Morgan fingerprint density at radius 2 is 1.68 bits per heavy atom. The maximum absolute atomic E-state index is 11.5. The Balaban J connectivity index is 1.77. The number of hydrogen-bond donors (Lipinski definition) is 1. The summed E-state index contributed by atoms with van der Waals surface area (Å²) in [5.41, 5.74) is 3.33. The Morgan fingerprint density at radius 1 is 1.00 bits per heavy atom. The summed E-state index contributed by atoms with van der Waals surface area (Å²) in [6, 6.07) is 18.4. The van der Waals surface area contributed by atoms with E-state index in [1.807, 2.05) is 24.3 Å². The van der Waals surface area contributed by atoms with Crippen molar-refractivity contribution >= 4 is 5.91 Å². The van der Waals surface area contributed by atoms with Crippen molar-refractivity contribution in [3.05, 3.63) is 71.3 Å². The number of carbonyl (C=O) groups excluding carboxylic acids is 1. The summed E-state index contributed by atoms with van der Waals surface area (Å²) in [5, 5.41) is 2.64. The summed E-state index contributed by atoms with van der Waals surface area (Å²) in [6.45, 7) is 1.97. The van der Waals surface area contributed by atoms with Crippen molar-refractivity contribution in [2.45, 2.75) is 19.4 Å². The minimum atomic E-state index is -0.0391. The van der Waals surface area contributed by atoms with Crippen LogP contribution < -0.4 is 5.32 Å². The molecule has 1 amide bonds. The van der Waals surface area contributed by atoms with Crippen molar-refractivity contribution in [3.63, 3.8) is 0 Å². The second-order valence-electron chi connectivity index (χ2n) is 5.60. The Kier molecular flexibility index (Phi) is 6.16. The van der Waals surface area contributed by atoms with Gasteiger partial charge < -0.3 is 10.2 Å². The highest BCUT2D eigenvalue weighted by Crippen LogP contribution is 2.08. The molecule has 0 aromatic heterocycles. The summed E-state index contributed by atoms with van der Waals surface area (Å²) in [4.78, 5) is 13.8. The number of hydrogen-bond acceptors (Lipinski definition) is 2. The van der Waals surface area contributed by atoms with Crippen molar-refractivity contribution in [2.24, 2.45) is 0 Å². The van der Waals surface area contributed by atoms with Crippen molar-refractivity contribution < 1.29 is 4.79 Å². The number of rotatable bonds is 7. The molecule has 0 atom stereocenters. The molecule has 0 aliphatic heterocycles. The Morgan fingerprint density at radius 3 is 2.32 bits per heavy atom. The van der Waals surface area contributed by atoms with Gasteiger partial charge in [-0.2, -0.15) is 0 Å². The fourth-order valence-corrected chi connectivity index (χ4v) is 2.49. The maximum Gasteiger partial charge on any atom is 0.251 e. The van der Waals surface area contributed by atoms with E-state index in [9.17, 15) is 4.79 Å². The predicted octanol–water partition coefficient (Wildman–Crippen LogP) is 3.11. The molecule has 0 fully saturated rings. The Labute approximate surface area is 133 Å². The highest BCUT2D eigenvalue weighted by molar-refractivity contribution is 5.93. The average molecular weight is 296 g/mol. The lowest BCUT2D eigenvalue weighted by atomic mass is 10.1. The van der Waals surface area contributed by atoms with Crippen LogP contribution in [0.5, 0.6) is 0 Å². The molecule has 0 unspecified atom stereocenters. The van der Waals surface area contributed by atoms with E-state index in [1.54, 1.807) is 7.05 Å². The van der Waals surface area contributed by atoms with Crippen LogP contribution in [-0.2, 0) is 13.0 Å². The van der Waals surface area contributed by atoms with Crippen LogP contribution in [0.1, 0.15) is 27.9 Å². The van der Waals surface area contributed by atoms with E-state index in [-0.39, 0.29) is 5.91 Å². The minimum absolute atomic E-state index is 0.0391. The third kappa shape index (κ3) is 5.01. The topological polar surface area (TPSA) is 32.3 Å². The lowest BCUT2D eigenvalue weighted by Gasteiger charge is -2.16. The fourth-order valence-electron chi connectivity index (χ4n) is 2.49. The second kappa shape index (κ2) is 8.35. The summed E-state index contributed by atoms with van der Waals surface area (Å²) in [6.07, 6.45) is 2.26. The quantitative estimate of drug-likeness (QED) is 0.851. The summed E-state index contributed by atoms with van der Waals surface area (Å²) in [7, 11) is 3.79. The first-order chi connectivity index (χ1) is 10.7. The lowest BCUT2D eigenvalue weighted by molar-refractivity contribution is 0.0963. The first-order valence-corrected chi connectivity index (χ1v) is 7.72. The molecule has 0 spiro atoms. The molecule has 2 aromatic rings. The number of amides is 1. The normalized spacial score (nSPS) is 10.7. The average Bonchev–Trinajstić information content (AvgIpc) is 2.56. The second-order valence-corrected chi connectivity index (χ2v) is 5.60. The van der Waals surface area contributed by atoms with E-state index in [4.69, 9.17) is 0 Å². The van der Waals surface area contributed by atoms with Crippen molar-refractivity contribution in [1.29, 1.82) is 0 Å². The van der Waals surface area contributed by atoms with Gasteiger partial charge in [-0.05, 0) is 49.7 Å². The third-order valence-electron chi connectivity index (χ3n) is 3.74. The SMILES string of the molecule is CNC(=O)c1ccc(CN(C)CCCc2ccccc2)cc1. The van der Waals surface area contributed by atoms with Gasteiger partial charge in [0, 0.05) is 19.2 Å². The molecule has 3 nitrogen and oxygen atoms in total. The highest BCUT2D eigenvalue weighted by Gasteiger charge is 2.04. The van der Waals surface area contributed by atoms with Gasteiger partial charge in [0.05, 0.1) is 0 Å². The highest BCUT2D eigenvalue weighted by atomic mass is 16.1. The zero-order valence-electron chi connectivity index (χ0n) is 13.4. The van der Waals surface area contributed by atoms with Crippen LogP contribution in [0, 0.1) is 0 Å². The van der Waals surface area contributed by atoms with Crippen LogP contribution >= 0.6 is 0 Å². The Hall–Kier alpha value is -2.13. The van der Waals surface area contributed by atoms with E-state index in [1.165, 1.54) is 11.1 Å². The smallest absolute Gasteiger partial charge is 0.251 e. The molecule has 2 rings (SSSR count). The van der Waals surface area contributed by atoms with Gasteiger partial charge in [-0.1, -0.05) is 42.5 Å². The van der Waals surface area contributed by atoms with E-state index in [0.29, 0.717) is 5.56 Å². The third-order valence-corrected chi connectivity index (χ3v) is 3.74. The molecule has 0 saturated heterocycles. The molecule has 22 heavy (non-hydrogen) atoms. The summed E-state index contributed by atoms with van der Waals surface area (Å²) < 4.78 is 0. The van der Waals surface area contributed by atoms with Gasteiger partial charge in [0.25, 0.3) is 5.91 Å². The van der Waals surface area contributed by atoms with Crippen LogP contribution in [0.25, 0.3) is 0 Å². The molecule has 0 aliphatic carbocycles. The van der Waals surface area contributed by atoms with E-state index < -0.39 is 0 Å². The number of carbonyl (C=O) groups is 1. The first kappa shape index (κ1) is 16.2. The summed E-state index contributed by atoms with van der Waals surface area (Å²) in [5.74, 6) is -0.0391. The van der Waals surface area contributed by atoms with Crippen LogP contribution in [0.2, 0.25) is 0 Å². The van der Waals surface area contributed by atoms with Gasteiger partial charge in [0.15, 0.2) is 0 Å². The lowest BCUT2D eigenvalue weighted by Crippen LogP contribution is -2.20.